The minimum Gasteiger partial charge on any atom is -0.395 e. The third-order valence-corrected chi connectivity index (χ3v) is 3.45. The molecule has 0 aliphatic heterocycles. The Bertz CT molecular complexity index is 683. The summed E-state index contributed by atoms with van der Waals surface area (Å²) in [4.78, 5) is 15.7. The van der Waals surface area contributed by atoms with Crippen LogP contribution in [0, 0.1) is 11.3 Å². The van der Waals surface area contributed by atoms with Gasteiger partial charge >= 0.3 is 5.69 Å². The molecule has 0 saturated carbocycles. The van der Waals surface area contributed by atoms with Crippen LogP contribution in [0.3, 0.4) is 0 Å². The van der Waals surface area contributed by atoms with Crippen LogP contribution in [0.1, 0.15) is 18.9 Å². The summed E-state index contributed by atoms with van der Waals surface area (Å²) in [5.74, 6) is 0. The molecule has 7 nitrogen and oxygen atoms in total. The first-order valence-electron chi connectivity index (χ1n) is 5.65. The molecule has 2 aromatic rings. The number of pyridine rings is 1. The van der Waals surface area contributed by atoms with E-state index in [2.05, 4.69) is 15.2 Å². The summed E-state index contributed by atoms with van der Waals surface area (Å²) in [6.45, 7) is 2.53. The molecule has 0 unspecified atom stereocenters. The number of anilines is 1. The minimum atomic E-state index is -0.264. The van der Waals surface area contributed by atoms with Gasteiger partial charge in [0.25, 0.3) is 0 Å². The molecule has 3 N–H and O–H groups in total. The summed E-state index contributed by atoms with van der Waals surface area (Å²) in [5, 5.41) is 16.2. The lowest BCUT2D eigenvalue weighted by Gasteiger charge is -2.05. The number of hydrogen-bond donors (Lipinski definition) is 2. The van der Waals surface area contributed by atoms with Crippen molar-refractivity contribution in [1.29, 1.82) is 5.26 Å². The van der Waals surface area contributed by atoms with Crippen LogP contribution in [0.25, 0.3) is 0 Å². The van der Waals surface area contributed by atoms with Crippen molar-refractivity contribution in [1.82, 2.24) is 19.7 Å². The average Bonchev–Trinajstić information content (AvgIpc) is 2.74. The van der Waals surface area contributed by atoms with Crippen LogP contribution in [-0.4, -0.2) is 19.7 Å². The Balaban J connectivity index is 2.37. The molecule has 98 valence electrons. The standard InChI is InChI=1S/C11H12N6OS/c1-2-5-17-10(18)15-16-11(17)19-9-8(13)7(6-12)3-4-14-9/h3-4H,2,5,13H2,1H3,(H,15,18). The van der Waals surface area contributed by atoms with Crippen molar-refractivity contribution in [3.8, 4) is 6.07 Å². The number of nitriles is 1. The molecule has 0 radical (unpaired) electrons. The smallest absolute Gasteiger partial charge is 0.343 e. The number of H-pyrrole nitrogens is 1. The zero-order chi connectivity index (χ0) is 13.8. The first kappa shape index (κ1) is 13.2. The Labute approximate surface area is 113 Å². The van der Waals surface area contributed by atoms with Gasteiger partial charge in [-0.1, -0.05) is 6.92 Å². The van der Waals surface area contributed by atoms with Crippen LogP contribution >= 0.6 is 11.8 Å². The van der Waals surface area contributed by atoms with Gasteiger partial charge in [-0.05, 0) is 24.2 Å². The Morgan fingerprint density at radius 3 is 3.11 bits per heavy atom. The van der Waals surface area contributed by atoms with Crippen molar-refractivity contribution in [2.24, 2.45) is 0 Å². The first-order valence-corrected chi connectivity index (χ1v) is 6.46. The summed E-state index contributed by atoms with van der Waals surface area (Å²) in [6.07, 6.45) is 2.32. The second-order valence-corrected chi connectivity index (χ2v) is 4.71. The van der Waals surface area contributed by atoms with Crippen LogP contribution in [0.5, 0.6) is 0 Å². The SMILES string of the molecule is CCCn1c(Sc2nccc(C#N)c2N)n[nH]c1=O. The Morgan fingerprint density at radius 2 is 2.42 bits per heavy atom. The van der Waals surface area contributed by atoms with Gasteiger partial charge in [-0.3, -0.25) is 4.57 Å². The summed E-state index contributed by atoms with van der Waals surface area (Å²) in [7, 11) is 0. The normalized spacial score (nSPS) is 10.3. The van der Waals surface area contributed by atoms with Crippen molar-refractivity contribution in [2.75, 3.05) is 5.73 Å². The molecule has 0 aliphatic rings. The number of hydrogen-bond acceptors (Lipinski definition) is 6. The maximum absolute atomic E-state index is 11.6. The summed E-state index contributed by atoms with van der Waals surface area (Å²) in [6, 6.07) is 3.54. The Hall–Kier alpha value is -2.27. The minimum absolute atomic E-state index is 0.264. The molecule has 2 heterocycles. The molecule has 0 fully saturated rings. The molecule has 0 aromatic carbocycles. The molecule has 0 saturated heterocycles. The molecular formula is C11H12N6OS. The fourth-order valence-electron chi connectivity index (χ4n) is 1.52. The molecule has 0 atom stereocenters. The topological polar surface area (TPSA) is 113 Å². The van der Waals surface area contributed by atoms with Gasteiger partial charge in [-0.15, -0.1) is 5.10 Å². The van der Waals surface area contributed by atoms with E-state index in [9.17, 15) is 4.79 Å². The van der Waals surface area contributed by atoms with Crippen LogP contribution in [0.2, 0.25) is 0 Å². The highest BCUT2D eigenvalue weighted by Gasteiger charge is 2.13. The van der Waals surface area contributed by atoms with E-state index in [1.807, 2.05) is 13.0 Å². The predicted octanol–water partition coefficient (Wildman–Crippen LogP) is 0.981. The lowest BCUT2D eigenvalue weighted by Crippen LogP contribution is -2.17. The van der Waals surface area contributed by atoms with E-state index in [1.165, 1.54) is 10.8 Å². The number of nitrogens with zero attached hydrogens (tertiary/aromatic N) is 4. The van der Waals surface area contributed by atoms with Gasteiger partial charge < -0.3 is 5.73 Å². The van der Waals surface area contributed by atoms with Crippen molar-refractivity contribution >= 4 is 17.4 Å². The van der Waals surface area contributed by atoms with Crippen LogP contribution in [-0.2, 0) is 6.54 Å². The van der Waals surface area contributed by atoms with Crippen molar-refractivity contribution in [3.05, 3.63) is 28.3 Å². The molecule has 0 amide bonds. The van der Waals surface area contributed by atoms with Gasteiger partial charge in [-0.2, -0.15) is 5.26 Å². The fraction of sp³-hybridized carbons (Fsp3) is 0.273. The van der Waals surface area contributed by atoms with Crippen molar-refractivity contribution < 1.29 is 0 Å². The van der Waals surface area contributed by atoms with Crippen LogP contribution < -0.4 is 11.4 Å². The zero-order valence-corrected chi connectivity index (χ0v) is 11.1. The quantitative estimate of drug-likeness (QED) is 0.860. The van der Waals surface area contributed by atoms with Crippen LogP contribution in [0.4, 0.5) is 5.69 Å². The summed E-state index contributed by atoms with van der Waals surface area (Å²) >= 11 is 1.16. The second-order valence-electron chi connectivity index (χ2n) is 3.75. The monoisotopic (exact) mass is 276 g/mol. The van der Waals surface area contributed by atoms with Gasteiger partial charge in [0.15, 0.2) is 5.16 Å². The number of aromatic nitrogens is 4. The molecule has 0 aliphatic carbocycles. The van der Waals surface area contributed by atoms with Gasteiger partial charge in [0, 0.05) is 12.7 Å². The highest BCUT2D eigenvalue weighted by Crippen LogP contribution is 2.29. The highest BCUT2D eigenvalue weighted by atomic mass is 32.2. The number of nitrogens with one attached hydrogen (secondary N) is 1. The number of nitrogen functional groups attached to an aromatic ring is 1. The van der Waals surface area contributed by atoms with Gasteiger partial charge in [0.05, 0.1) is 11.3 Å². The van der Waals surface area contributed by atoms with E-state index in [4.69, 9.17) is 11.0 Å². The molecule has 0 spiro atoms. The molecule has 0 bridgehead atoms. The largest absolute Gasteiger partial charge is 0.395 e. The van der Waals surface area contributed by atoms with Gasteiger partial charge in [0.1, 0.15) is 11.1 Å². The number of nitrogens with two attached hydrogens (primary N) is 1. The summed E-state index contributed by atoms with van der Waals surface area (Å²) < 4.78 is 1.52. The third-order valence-electron chi connectivity index (χ3n) is 2.43. The van der Waals surface area contributed by atoms with E-state index < -0.39 is 0 Å². The van der Waals surface area contributed by atoms with Crippen molar-refractivity contribution in [3.63, 3.8) is 0 Å². The Morgan fingerprint density at radius 1 is 1.63 bits per heavy atom. The molecule has 8 heteroatoms. The van der Waals surface area contributed by atoms with Crippen LogP contribution in [0.15, 0.2) is 27.2 Å². The van der Waals surface area contributed by atoms with E-state index in [0.29, 0.717) is 28.0 Å². The molecule has 2 rings (SSSR count). The third kappa shape index (κ3) is 2.61. The maximum atomic E-state index is 11.6. The summed E-state index contributed by atoms with van der Waals surface area (Å²) in [5.41, 5.74) is 6.24. The van der Waals surface area contributed by atoms with E-state index >= 15 is 0 Å². The average molecular weight is 276 g/mol. The van der Waals surface area contributed by atoms with E-state index in [1.54, 1.807) is 6.07 Å². The fourth-order valence-corrected chi connectivity index (χ4v) is 2.40. The van der Waals surface area contributed by atoms with Crippen molar-refractivity contribution in [2.45, 2.75) is 30.1 Å². The second kappa shape index (κ2) is 5.58. The number of aromatic amines is 1. The molecule has 19 heavy (non-hydrogen) atoms. The maximum Gasteiger partial charge on any atom is 0.343 e. The molecular weight excluding hydrogens is 264 g/mol. The molecule has 2 aromatic heterocycles. The lowest BCUT2D eigenvalue weighted by atomic mass is 10.2. The lowest BCUT2D eigenvalue weighted by molar-refractivity contribution is 0.603. The van der Waals surface area contributed by atoms with Gasteiger partial charge in [0.2, 0.25) is 0 Å². The van der Waals surface area contributed by atoms with E-state index in [0.717, 1.165) is 18.2 Å². The predicted molar refractivity (Wildman–Crippen MR) is 70.6 cm³/mol. The number of rotatable bonds is 4. The first-order chi connectivity index (χ1) is 9.17. The van der Waals surface area contributed by atoms with Gasteiger partial charge in [-0.25, -0.2) is 14.9 Å². The van der Waals surface area contributed by atoms with E-state index in [-0.39, 0.29) is 5.69 Å². The Kier molecular flexibility index (Phi) is 3.87. The highest BCUT2D eigenvalue weighted by molar-refractivity contribution is 7.99. The zero-order valence-electron chi connectivity index (χ0n) is 10.3.